The van der Waals surface area contributed by atoms with Crippen LogP contribution in [0.1, 0.15) is 48.0 Å². The van der Waals surface area contributed by atoms with Crippen molar-refractivity contribution < 1.29 is 9.59 Å². The number of amides is 2. The summed E-state index contributed by atoms with van der Waals surface area (Å²) in [4.78, 5) is 26.0. The van der Waals surface area contributed by atoms with Crippen molar-refractivity contribution in [2.75, 3.05) is 16.8 Å². The van der Waals surface area contributed by atoms with Crippen LogP contribution in [0, 0.1) is 0 Å². The number of nitrogens with one attached hydrogen (secondary N) is 1. The van der Waals surface area contributed by atoms with Crippen molar-refractivity contribution in [3.8, 4) is 0 Å². The fourth-order valence-corrected chi connectivity index (χ4v) is 3.50. The second-order valence-electron chi connectivity index (χ2n) is 5.75. The van der Waals surface area contributed by atoms with Gasteiger partial charge in [0, 0.05) is 30.6 Å². The molecule has 3 rings (SSSR count). The Hall–Kier alpha value is -2.28. The van der Waals surface area contributed by atoms with E-state index in [9.17, 15) is 9.59 Å². The van der Waals surface area contributed by atoms with E-state index in [1.807, 2.05) is 12.1 Å². The summed E-state index contributed by atoms with van der Waals surface area (Å²) in [6, 6.07) is 7.11. The number of carbonyl (C=O) groups is 2. The highest BCUT2D eigenvalue weighted by atomic mass is 32.1. The van der Waals surface area contributed by atoms with Crippen LogP contribution >= 0.6 is 11.3 Å². The van der Waals surface area contributed by atoms with Gasteiger partial charge >= 0.3 is 0 Å². The lowest BCUT2D eigenvalue weighted by Gasteiger charge is -2.26. The molecule has 1 aromatic heterocycles. The van der Waals surface area contributed by atoms with Gasteiger partial charge in [0.05, 0.1) is 0 Å². The Morgan fingerprint density at radius 1 is 1.25 bits per heavy atom. The summed E-state index contributed by atoms with van der Waals surface area (Å²) in [5.74, 6) is -0.0681. The summed E-state index contributed by atoms with van der Waals surface area (Å²) in [7, 11) is 0. The SMILES string of the molecule is CCCc1nnc(NC(=O)c2ccc(N3CCCCC3=O)cc2)s1. The van der Waals surface area contributed by atoms with E-state index in [2.05, 4.69) is 22.4 Å². The first-order chi connectivity index (χ1) is 11.7. The van der Waals surface area contributed by atoms with Gasteiger partial charge in [-0.1, -0.05) is 18.3 Å². The molecule has 0 unspecified atom stereocenters. The molecule has 1 aromatic carbocycles. The standard InChI is InChI=1S/C17H20N4O2S/c1-2-5-14-19-20-17(24-14)18-16(23)12-7-9-13(10-8-12)21-11-4-3-6-15(21)22/h7-10H,2-6,11H2,1H3,(H,18,20,23). The first-order valence-corrected chi connectivity index (χ1v) is 9.03. The van der Waals surface area contributed by atoms with Gasteiger partial charge in [0.2, 0.25) is 11.0 Å². The van der Waals surface area contributed by atoms with E-state index in [1.165, 1.54) is 11.3 Å². The van der Waals surface area contributed by atoms with Crippen molar-refractivity contribution in [1.29, 1.82) is 0 Å². The van der Waals surface area contributed by atoms with Crippen LogP contribution in [0.2, 0.25) is 0 Å². The number of anilines is 2. The van der Waals surface area contributed by atoms with E-state index in [-0.39, 0.29) is 11.8 Å². The molecule has 1 N–H and O–H groups in total. The van der Waals surface area contributed by atoms with E-state index in [1.54, 1.807) is 17.0 Å². The Morgan fingerprint density at radius 3 is 2.75 bits per heavy atom. The molecule has 0 radical (unpaired) electrons. The van der Waals surface area contributed by atoms with Gasteiger partial charge in [-0.05, 0) is 43.5 Å². The van der Waals surface area contributed by atoms with E-state index in [0.29, 0.717) is 17.1 Å². The minimum Gasteiger partial charge on any atom is -0.312 e. The highest BCUT2D eigenvalue weighted by molar-refractivity contribution is 7.15. The molecular weight excluding hydrogens is 324 g/mol. The summed E-state index contributed by atoms with van der Waals surface area (Å²) < 4.78 is 0. The molecule has 2 heterocycles. The Balaban J connectivity index is 1.65. The fraction of sp³-hybridized carbons (Fsp3) is 0.412. The van der Waals surface area contributed by atoms with Crippen LogP contribution in [0.3, 0.4) is 0 Å². The highest BCUT2D eigenvalue weighted by Gasteiger charge is 2.19. The molecule has 0 aliphatic carbocycles. The van der Waals surface area contributed by atoms with Crippen LogP contribution in [-0.4, -0.2) is 28.6 Å². The molecule has 1 fully saturated rings. The number of carbonyl (C=O) groups excluding carboxylic acids is 2. The van der Waals surface area contributed by atoms with Gasteiger partial charge in [-0.25, -0.2) is 0 Å². The number of nitrogens with zero attached hydrogens (tertiary/aromatic N) is 3. The predicted molar refractivity (Wildman–Crippen MR) is 94.5 cm³/mol. The zero-order valence-corrected chi connectivity index (χ0v) is 14.4. The molecule has 0 saturated carbocycles. The van der Waals surface area contributed by atoms with Crippen LogP contribution in [0.25, 0.3) is 0 Å². The zero-order chi connectivity index (χ0) is 16.9. The lowest BCUT2D eigenvalue weighted by atomic mass is 10.1. The first-order valence-electron chi connectivity index (χ1n) is 8.21. The molecule has 1 aliphatic rings. The number of hydrogen-bond acceptors (Lipinski definition) is 5. The van der Waals surface area contributed by atoms with Gasteiger partial charge in [0.1, 0.15) is 5.01 Å². The minimum absolute atomic E-state index is 0.149. The summed E-state index contributed by atoms with van der Waals surface area (Å²) in [6.45, 7) is 2.82. The maximum absolute atomic E-state index is 12.3. The van der Waals surface area contributed by atoms with Crippen molar-refractivity contribution in [3.63, 3.8) is 0 Å². The zero-order valence-electron chi connectivity index (χ0n) is 13.6. The Kier molecular flexibility index (Phi) is 5.20. The molecule has 24 heavy (non-hydrogen) atoms. The summed E-state index contributed by atoms with van der Waals surface area (Å²) in [5, 5.41) is 12.2. The van der Waals surface area contributed by atoms with Crippen LogP contribution in [-0.2, 0) is 11.2 Å². The molecule has 6 nitrogen and oxygen atoms in total. The molecule has 1 saturated heterocycles. The molecule has 0 atom stereocenters. The second-order valence-corrected chi connectivity index (χ2v) is 6.82. The lowest BCUT2D eigenvalue weighted by Crippen LogP contribution is -2.35. The van der Waals surface area contributed by atoms with Gasteiger partial charge < -0.3 is 4.90 Å². The largest absolute Gasteiger partial charge is 0.312 e. The van der Waals surface area contributed by atoms with E-state index < -0.39 is 0 Å². The number of rotatable bonds is 5. The van der Waals surface area contributed by atoms with Crippen molar-refractivity contribution in [1.82, 2.24) is 10.2 Å². The fourth-order valence-electron chi connectivity index (χ4n) is 2.66. The Morgan fingerprint density at radius 2 is 2.04 bits per heavy atom. The van der Waals surface area contributed by atoms with E-state index in [4.69, 9.17) is 0 Å². The lowest BCUT2D eigenvalue weighted by molar-refractivity contribution is -0.119. The third kappa shape index (κ3) is 3.79. The quantitative estimate of drug-likeness (QED) is 0.903. The number of hydrogen-bond donors (Lipinski definition) is 1. The monoisotopic (exact) mass is 344 g/mol. The third-order valence-electron chi connectivity index (χ3n) is 3.92. The molecule has 1 aliphatic heterocycles. The molecule has 2 aromatic rings. The van der Waals surface area contributed by atoms with E-state index >= 15 is 0 Å². The van der Waals surface area contributed by atoms with Crippen LogP contribution < -0.4 is 10.2 Å². The van der Waals surface area contributed by atoms with Gasteiger partial charge in [-0.2, -0.15) is 0 Å². The maximum Gasteiger partial charge on any atom is 0.257 e. The summed E-state index contributed by atoms with van der Waals surface area (Å²) >= 11 is 1.40. The van der Waals surface area contributed by atoms with Crippen molar-refractivity contribution in [2.24, 2.45) is 0 Å². The third-order valence-corrected chi connectivity index (χ3v) is 4.81. The average molecular weight is 344 g/mol. The molecule has 126 valence electrons. The maximum atomic E-state index is 12.3. The normalized spacial score (nSPS) is 14.7. The average Bonchev–Trinajstić information content (AvgIpc) is 3.03. The smallest absolute Gasteiger partial charge is 0.257 e. The topological polar surface area (TPSA) is 75.2 Å². The number of aromatic nitrogens is 2. The Bertz CT molecular complexity index is 726. The van der Waals surface area contributed by atoms with Crippen LogP contribution in [0.5, 0.6) is 0 Å². The predicted octanol–water partition coefficient (Wildman–Crippen LogP) is 3.26. The van der Waals surface area contributed by atoms with Gasteiger partial charge in [-0.15, -0.1) is 10.2 Å². The second kappa shape index (κ2) is 7.53. The summed E-state index contributed by atoms with van der Waals surface area (Å²) in [6.07, 6.45) is 4.44. The molecule has 2 amide bonds. The van der Waals surface area contributed by atoms with Crippen molar-refractivity contribution in [2.45, 2.75) is 39.0 Å². The van der Waals surface area contributed by atoms with E-state index in [0.717, 1.165) is 42.9 Å². The van der Waals surface area contributed by atoms with Gasteiger partial charge in [0.25, 0.3) is 5.91 Å². The first kappa shape index (κ1) is 16.6. The van der Waals surface area contributed by atoms with Gasteiger partial charge in [-0.3, -0.25) is 14.9 Å². The number of aryl methyl sites for hydroxylation is 1. The van der Waals surface area contributed by atoms with Crippen LogP contribution in [0.4, 0.5) is 10.8 Å². The molecular formula is C17H20N4O2S. The van der Waals surface area contributed by atoms with Gasteiger partial charge in [0.15, 0.2) is 0 Å². The molecule has 0 bridgehead atoms. The van der Waals surface area contributed by atoms with Crippen LogP contribution in [0.15, 0.2) is 24.3 Å². The molecule has 0 spiro atoms. The number of piperidine rings is 1. The highest BCUT2D eigenvalue weighted by Crippen LogP contribution is 2.22. The summed E-state index contributed by atoms with van der Waals surface area (Å²) in [5.41, 5.74) is 1.38. The van der Waals surface area contributed by atoms with Crippen molar-refractivity contribution >= 4 is 34.0 Å². The molecule has 7 heteroatoms. The minimum atomic E-state index is -0.217. The Labute approximate surface area is 144 Å². The van der Waals surface area contributed by atoms with Crippen molar-refractivity contribution in [3.05, 3.63) is 34.8 Å². The number of benzene rings is 1.